The van der Waals surface area contributed by atoms with Crippen LogP contribution in [0, 0.1) is 0 Å². The molecule has 1 aromatic rings. The van der Waals surface area contributed by atoms with Gasteiger partial charge in [-0.15, -0.1) is 0 Å². The van der Waals surface area contributed by atoms with Crippen molar-refractivity contribution in [1.29, 1.82) is 0 Å². The normalized spacial score (nSPS) is 11.2. The molecule has 1 aromatic carbocycles. The molecule has 0 bridgehead atoms. The predicted octanol–water partition coefficient (Wildman–Crippen LogP) is 1.29. The number of nitrogens with one attached hydrogen (secondary N) is 1. The molecule has 3 nitrogen and oxygen atoms in total. The highest BCUT2D eigenvalue weighted by Gasteiger charge is 2.04. The smallest absolute Gasteiger partial charge is 0.175 e. The lowest BCUT2D eigenvalue weighted by atomic mass is 10.3. The van der Waals surface area contributed by atoms with Gasteiger partial charge in [-0.3, -0.25) is 0 Å². The van der Waals surface area contributed by atoms with Gasteiger partial charge in [0.25, 0.3) is 0 Å². The molecule has 12 heavy (non-hydrogen) atoms. The van der Waals surface area contributed by atoms with Crippen LogP contribution in [0.15, 0.2) is 29.2 Å². The van der Waals surface area contributed by atoms with Crippen molar-refractivity contribution in [2.75, 3.05) is 11.3 Å². The van der Waals surface area contributed by atoms with Crippen LogP contribution < -0.4 is 5.09 Å². The minimum atomic E-state index is -3.06. The number of sulfone groups is 1. The van der Waals surface area contributed by atoms with Crippen LogP contribution in [-0.2, 0) is 9.84 Å². The monoisotopic (exact) mass is 203 g/mol. The Morgan fingerprint density at radius 2 is 1.75 bits per heavy atom. The van der Waals surface area contributed by atoms with Crippen molar-refractivity contribution in [3.63, 3.8) is 0 Å². The largest absolute Gasteiger partial charge is 0.369 e. The van der Waals surface area contributed by atoms with Crippen molar-refractivity contribution in [3.05, 3.63) is 24.3 Å². The Morgan fingerprint density at radius 3 is 2.08 bits per heavy atom. The molecule has 0 aromatic heterocycles. The summed E-state index contributed by atoms with van der Waals surface area (Å²) in [5, 5.41) is 2.83. The van der Waals surface area contributed by atoms with Gasteiger partial charge < -0.3 is 5.09 Å². The Labute approximate surface area is 74.4 Å². The van der Waals surface area contributed by atoms with Gasteiger partial charge in [0, 0.05) is 11.9 Å². The van der Waals surface area contributed by atoms with E-state index in [1.165, 1.54) is 6.26 Å². The highest BCUT2D eigenvalue weighted by atomic mass is 32.2. The zero-order chi connectivity index (χ0) is 9.19. The van der Waals surface area contributed by atoms with Crippen molar-refractivity contribution in [1.82, 2.24) is 0 Å². The maximum absolute atomic E-state index is 11.0. The Kier molecular flexibility index (Phi) is 2.70. The molecule has 0 spiro atoms. The summed E-state index contributed by atoms with van der Waals surface area (Å²) in [5.74, 6) is 0. The maximum Gasteiger partial charge on any atom is 0.175 e. The zero-order valence-electron chi connectivity index (χ0n) is 6.61. The summed E-state index contributed by atoms with van der Waals surface area (Å²) in [6, 6.07) is 6.57. The third-order valence-corrected chi connectivity index (χ3v) is 2.91. The van der Waals surface area contributed by atoms with Gasteiger partial charge in [0.05, 0.1) is 4.90 Å². The molecule has 0 saturated carbocycles. The van der Waals surface area contributed by atoms with E-state index < -0.39 is 9.84 Å². The average Bonchev–Trinajstić information content (AvgIpc) is 2.03. The molecular weight excluding hydrogens is 193 g/mol. The second-order valence-electron chi connectivity index (χ2n) is 2.44. The summed E-state index contributed by atoms with van der Waals surface area (Å²) >= 11 is 0. The molecule has 1 atom stereocenters. The molecule has 0 aliphatic heterocycles. The summed E-state index contributed by atoms with van der Waals surface area (Å²) in [6.45, 7) is 0. The fourth-order valence-corrected chi connectivity index (χ4v) is 1.62. The van der Waals surface area contributed by atoms with E-state index in [-0.39, 0.29) is 0 Å². The first-order valence-electron chi connectivity index (χ1n) is 3.31. The third-order valence-electron chi connectivity index (χ3n) is 1.45. The molecule has 0 amide bonds. The minimum absolute atomic E-state index is 0.339. The number of anilines is 1. The Bertz CT molecular complexity index is 357. The van der Waals surface area contributed by atoms with Crippen molar-refractivity contribution in [3.8, 4) is 0 Å². The zero-order valence-corrected chi connectivity index (χ0v) is 8.58. The van der Waals surface area contributed by atoms with Crippen LogP contribution >= 0.6 is 9.39 Å². The van der Waals surface area contributed by atoms with Gasteiger partial charge in [-0.2, -0.15) is 0 Å². The lowest BCUT2D eigenvalue weighted by Crippen LogP contribution is -1.96. The van der Waals surface area contributed by atoms with Crippen LogP contribution in [-0.4, -0.2) is 14.7 Å². The number of benzene rings is 1. The highest BCUT2D eigenvalue weighted by molar-refractivity contribution is 7.90. The SMILES string of the molecule is CS(=O)(=O)c1ccc(NP)cc1. The van der Waals surface area contributed by atoms with Crippen molar-refractivity contribution < 1.29 is 8.42 Å². The number of hydrogen-bond acceptors (Lipinski definition) is 3. The van der Waals surface area contributed by atoms with Crippen molar-refractivity contribution >= 4 is 24.9 Å². The summed E-state index contributed by atoms with van der Waals surface area (Å²) in [5.41, 5.74) is 0.868. The Morgan fingerprint density at radius 1 is 1.25 bits per heavy atom. The summed E-state index contributed by atoms with van der Waals surface area (Å²) in [4.78, 5) is 0.339. The van der Waals surface area contributed by atoms with E-state index in [2.05, 4.69) is 14.5 Å². The predicted molar refractivity (Wildman–Crippen MR) is 52.9 cm³/mol. The van der Waals surface area contributed by atoms with Gasteiger partial charge in [0.15, 0.2) is 9.84 Å². The summed E-state index contributed by atoms with van der Waals surface area (Å²) in [6.07, 6.45) is 1.19. The number of rotatable bonds is 2. The van der Waals surface area contributed by atoms with Crippen molar-refractivity contribution in [2.45, 2.75) is 4.90 Å². The minimum Gasteiger partial charge on any atom is -0.369 e. The van der Waals surface area contributed by atoms with Crippen molar-refractivity contribution in [2.24, 2.45) is 0 Å². The van der Waals surface area contributed by atoms with E-state index >= 15 is 0 Å². The average molecular weight is 203 g/mol. The molecule has 0 radical (unpaired) electrons. The molecule has 0 saturated heterocycles. The molecule has 66 valence electrons. The molecule has 1 N–H and O–H groups in total. The summed E-state index contributed by atoms with van der Waals surface area (Å²) in [7, 11) is -0.722. The Balaban J connectivity index is 3.09. The van der Waals surface area contributed by atoms with E-state index in [0.717, 1.165) is 5.69 Å². The van der Waals surface area contributed by atoms with Gasteiger partial charge in [0.1, 0.15) is 0 Å². The fourth-order valence-electron chi connectivity index (χ4n) is 0.798. The molecule has 5 heteroatoms. The van der Waals surface area contributed by atoms with E-state index in [9.17, 15) is 8.42 Å². The summed E-state index contributed by atoms with van der Waals surface area (Å²) < 4.78 is 22.0. The molecular formula is C7H10NO2PS. The topological polar surface area (TPSA) is 46.2 Å². The molecule has 0 heterocycles. The van der Waals surface area contributed by atoms with Crippen LogP contribution in [0.25, 0.3) is 0 Å². The van der Waals surface area contributed by atoms with Gasteiger partial charge >= 0.3 is 0 Å². The van der Waals surface area contributed by atoms with E-state index in [1.54, 1.807) is 24.3 Å². The van der Waals surface area contributed by atoms with E-state index in [1.807, 2.05) is 0 Å². The highest BCUT2D eigenvalue weighted by Crippen LogP contribution is 2.14. The lowest BCUT2D eigenvalue weighted by Gasteiger charge is -2.00. The Hall–Kier alpha value is -0.600. The first-order chi connectivity index (χ1) is 5.54. The van der Waals surface area contributed by atoms with E-state index in [0.29, 0.717) is 4.90 Å². The van der Waals surface area contributed by atoms with Gasteiger partial charge in [-0.25, -0.2) is 8.42 Å². The molecule has 0 aliphatic rings. The first kappa shape index (κ1) is 9.49. The van der Waals surface area contributed by atoms with Gasteiger partial charge in [0.2, 0.25) is 0 Å². The second kappa shape index (κ2) is 3.42. The first-order valence-corrected chi connectivity index (χ1v) is 5.77. The molecule has 0 aliphatic carbocycles. The lowest BCUT2D eigenvalue weighted by molar-refractivity contribution is 0.602. The van der Waals surface area contributed by atoms with Crippen LogP contribution in [0.3, 0.4) is 0 Å². The quantitative estimate of drug-likeness (QED) is 0.737. The molecule has 0 fully saturated rings. The van der Waals surface area contributed by atoms with Crippen LogP contribution in [0.4, 0.5) is 5.69 Å². The molecule has 1 rings (SSSR count). The molecule has 1 unspecified atom stereocenters. The van der Waals surface area contributed by atoms with Crippen LogP contribution in [0.2, 0.25) is 0 Å². The fraction of sp³-hybridized carbons (Fsp3) is 0.143. The van der Waals surface area contributed by atoms with Gasteiger partial charge in [-0.1, -0.05) is 0 Å². The second-order valence-corrected chi connectivity index (χ2v) is 4.75. The van der Waals surface area contributed by atoms with Crippen LogP contribution in [0.5, 0.6) is 0 Å². The standard InChI is InChI=1S/C7H10NO2PS/c1-12(9,10)7-4-2-6(8-11)3-5-7/h2-5,8H,11H2,1H3. The van der Waals surface area contributed by atoms with E-state index in [4.69, 9.17) is 0 Å². The number of hydrogen-bond donors (Lipinski definition) is 1. The van der Waals surface area contributed by atoms with Crippen LogP contribution in [0.1, 0.15) is 0 Å². The maximum atomic E-state index is 11.0. The van der Waals surface area contributed by atoms with Gasteiger partial charge in [-0.05, 0) is 33.7 Å². The third kappa shape index (κ3) is 2.19.